The molecular weight excluding hydrogens is 244 g/mol. The van der Waals surface area contributed by atoms with E-state index >= 15 is 0 Å². The van der Waals surface area contributed by atoms with E-state index in [1.54, 1.807) is 4.90 Å². The van der Waals surface area contributed by atoms with Crippen LogP contribution in [0.1, 0.15) is 6.92 Å². The lowest BCUT2D eigenvalue weighted by atomic mass is 10.2. The fourth-order valence-electron chi connectivity index (χ4n) is 2.13. The minimum atomic E-state index is -0.577. The molecule has 3 N–H and O–H groups in total. The SMILES string of the molecule is CCN1C(=O)C(NC(=O)NC)CNc2ccccc21. The topological polar surface area (TPSA) is 73.5 Å². The van der Waals surface area contributed by atoms with Gasteiger partial charge in [-0.2, -0.15) is 0 Å². The molecule has 102 valence electrons. The zero-order valence-electron chi connectivity index (χ0n) is 11.1. The Morgan fingerprint density at radius 3 is 2.89 bits per heavy atom. The number of nitrogens with zero attached hydrogens (tertiary/aromatic N) is 1. The van der Waals surface area contributed by atoms with Gasteiger partial charge in [0.15, 0.2) is 0 Å². The maximum atomic E-state index is 12.4. The molecule has 0 aliphatic carbocycles. The number of carbonyl (C=O) groups excluding carboxylic acids is 2. The van der Waals surface area contributed by atoms with Crippen LogP contribution in [-0.2, 0) is 4.79 Å². The maximum absolute atomic E-state index is 12.4. The normalized spacial score (nSPS) is 18.1. The summed E-state index contributed by atoms with van der Waals surface area (Å²) < 4.78 is 0. The highest BCUT2D eigenvalue weighted by Gasteiger charge is 2.29. The molecule has 2 rings (SSSR count). The highest BCUT2D eigenvalue weighted by atomic mass is 16.2. The first-order valence-electron chi connectivity index (χ1n) is 6.30. The molecule has 1 heterocycles. The number of rotatable bonds is 2. The van der Waals surface area contributed by atoms with Crippen molar-refractivity contribution in [1.82, 2.24) is 10.6 Å². The van der Waals surface area contributed by atoms with E-state index in [1.165, 1.54) is 7.05 Å². The molecule has 0 saturated carbocycles. The number of hydrogen-bond acceptors (Lipinski definition) is 3. The van der Waals surface area contributed by atoms with E-state index in [0.29, 0.717) is 13.1 Å². The third-order valence-electron chi connectivity index (χ3n) is 3.10. The maximum Gasteiger partial charge on any atom is 0.315 e. The molecule has 0 spiro atoms. The molecule has 6 nitrogen and oxygen atoms in total. The van der Waals surface area contributed by atoms with Gasteiger partial charge in [-0.25, -0.2) is 4.79 Å². The second kappa shape index (κ2) is 5.60. The van der Waals surface area contributed by atoms with Crippen molar-refractivity contribution in [2.24, 2.45) is 0 Å². The molecule has 1 aromatic carbocycles. The number of fused-ring (bicyclic) bond motifs is 1. The Balaban J connectivity index is 2.28. The van der Waals surface area contributed by atoms with Crippen LogP contribution in [0.15, 0.2) is 24.3 Å². The van der Waals surface area contributed by atoms with Gasteiger partial charge in [0.2, 0.25) is 0 Å². The average molecular weight is 262 g/mol. The van der Waals surface area contributed by atoms with Crippen LogP contribution in [0.25, 0.3) is 0 Å². The molecule has 1 atom stereocenters. The van der Waals surface area contributed by atoms with Gasteiger partial charge in [-0.15, -0.1) is 0 Å². The molecule has 19 heavy (non-hydrogen) atoms. The first-order valence-corrected chi connectivity index (χ1v) is 6.30. The van der Waals surface area contributed by atoms with Gasteiger partial charge >= 0.3 is 6.03 Å². The van der Waals surface area contributed by atoms with Crippen LogP contribution in [0.5, 0.6) is 0 Å². The summed E-state index contributed by atoms with van der Waals surface area (Å²) in [5.74, 6) is -0.108. The van der Waals surface area contributed by atoms with Crippen molar-refractivity contribution in [3.8, 4) is 0 Å². The van der Waals surface area contributed by atoms with E-state index in [1.807, 2.05) is 31.2 Å². The Morgan fingerprint density at radius 1 is 1.47 bits per heavy atom. The number of nitrogens with one attached hydrogen (secondary N) is 3. The lowest BCUT2D eigenvalue weighted by Gasteiger charge is -2.23. The quantitative estimate of drug-likeness (QED) is 0.737. The Hall–Kier alpha value is -2.24. The van der Waals surface area contributed by atoms with Crippen LogP contribution in [-0.4, -0.2) is 38.1 Å². The second-order valence-electron chi connectivity index (χ2n) is 4.26. The molecule has 1 aliphatic heterocycles. The van der Waals surface area contributed by atoms with Crippen molar-refractivity contribution in [1.29, 1.82) is 0 Å². The first kappa shape index (κ1) is 13.2. The molecule has 0 saturated heterocycles. The van der Waals surface area contributed by atoms with Gasteiger partial charge in [-0.1, -0.05) is 12.1 Å². The largest absolute Gasteiger partial charge is 0.381 e. The highest BCUT2D eigenvalue weighted by Crippen LogP contribution is 2.28. The van der Waals surface area contributed by atoms with Crippen molar-refractivity contribution >= 4 is 23.3 Å². The summed E-state index contributed by atoms with van der Waals surface area (Å²) in [5, 5.41) is 8.31. The summed E-state index contributed by atoms with van der Waals surface area (Å²) in [5.41, 5.74) is 1.75. The Bertz CT molecular complexity index is 489. The van der Waals surface area contributed by atoms with Gasteiger partial charge < -0.3 is 20.9 Å². The molecule has 0 aromatic heterocycles. The van der Waals surface area contributed by atoms with Crippen molar-refractivity contribution in [2.75, 3.05) is 30.4 Å². The Morgan fingerprint density at radius 2 is 2.21 bits per heavy atom. The molecular formula is C13H18N4O2. The van der Waals surface area contributed by atoms with Gasteiger partial charge in [0.1, 0.15) is 6.04 Å². The van der Waals surface area contributed by atoms with Crippen LogP contribution < -0.4 is 20.9 Å². The Labute approximate surface area is 112 Å². The van der Waals surface area contributed by atoms with Crippen LogP contribution in [0.4, 0.5) is 16.2 Å². The number of anilines is 2. The van der Waals surface area contributed by atoms with E-state index in [0.717, 1.165) is 11.4 Å². The summed E-state index contributed by atoms with van der Waals surface area (Å²) in [6.45, 7) is 2.85. The molecule has 0 radical (unpaired) electrons. The minimum absolute atomic E-state index is 0.108. The van der Waals surface area contributed by atoms with Crippen LogP contribution in [0, 0.1) is 0 Å². The molecule has 1 aliphatic rings. The first-order chi connectivity index (χ1) is 9.17. The molecule has 3 amide bonds. The van der Waals surface area contributed by atoms with Crippen molar-refractivity contribution in [3.63, 3.8) is 0 Å². The van der Waals surface area contributed by atoms with E-state index in [-0.39, 0.29) is 11.9 Å². The van der Waals surface area contributed by atoms with E-state index in [2.05, 4.69) is 16.0 Å². The van der Waals surface area contributed by atoms with Gasteiger partial charge in [0.25, 0.3) is 5.91 Å². The zero-order chi connectivity index (χ0) is 13.8. The molecule has 0 fully saturated rings. The zero-order valence-corrected chi connectivity index (χ0v) is 11.1. The molecule has 6 heteroatoms. The fraction of sp³-hybridized carbons (Fsp3) is 0.385. The summed E-state index contributed by atoms with van der Waals surface area (Å²) in [4.78, 5) is 25.5. The minimum Gasteiger partial charge on any atom is -0.381 e. The van der Waals surface area contributed by atoms with E-state index in [9.17, 15) is 9.59 Å². The second-order valence-corrected chi connectivity index (χ2v) is 4.26. The van der Waals surface area contributed by atoms with Gasteiger partial charge in [-0.3, -0.25) is 4.79 Å². The number of hydrogen-bond donors (Lipinski definition) is 3. The number of likely N-dealkylation sites (N-methyl/N-ethyl adjacent to an activating group) is 1. The summed E-state index contributed by atoms with van der Waals surface area (Å²) in [6, 6.07) is 6.69. The number of urea groups is 1. The average Bonchev–Trinajstić information content (AvgIpc) is 2.56. The number of benzene rings is 1. The van der Waals surface area contributed by atoms with Crippen LogP contribution >= 0.6 is 0 Å². The Kier molecular flexibility index (Phi) is 3.89. The number of carbonyl (C=O) groups is 2. The van der Waals surface area contributed by atoms with Gasteiger partial charge in [-0.05, 0) is 19.1 Å². The lowest BCUT2D eigenvalue weighted by molar-refractivity contribution is -0.119. The van der Waals surface area contributed by atoms with E-state index in [4.69, 9.17) is 0 Å². The third kappa shape index (κ3) is 2.62. The smallest absolute Gasteiger partial charge is 0.315 e. The lowest BCUT2D eigenvalue weighted by Crippen LogP contribution is -2.52. The summed E-state index contributed by atoms with van der Waals surface area (Å²) in [7, 11) is 1.52. The molecule has 1 unspecified atom stereocenters. The van der Waals surface area contributed by atoms with Crippen molar-refractivity contribution in [3.05, 3.63) is 24.3 Å². The van der Waals surface area contributed by atoms with E-state index < -0.39 is 6.04 Å². The molecule has 1 aromatic rings. The number of para-hydroxylation sites is 2. The van der Waals surface area contributed by atoms with Gasteiger partial charge in [0, 0.05) is 20.1 Å². The predicted molar refractivity (Wildman–Crippen MR) is 74.3 cm³/mol. The third-order valence-corrected chi connectivity index (χ3v) is 3.10. The molecule has 0 bridgehead atoms. The van der Waals surface area contributed by atoms with Gasteiger partial charge in [0.05, 0.1) is 11.4 Å². The van der Waals surface area contributed by atoms with Crippen molar-refractivity contribution in [2.45, 2.75) is 13.0 Å². The monoisotopic (exact) mass is 262 g/mol. The van der Waals surface area contributed by atoms with Crippen molar-refractivity contribution < 1.29 is 9.59 Å². The number of amides is 3. The fourth-order valence-corrected chi connectivity index (χ4v) is 2.13. The summed E-state index contributed by atoms with van der Waals surface area (Å²) in [6.07, 6.45) is 0. The van der Waals surface area contributed by atoms with Crippen LogP contribution in [0.3, 0.4) is 0 Å². The highest BCUT2D eigenvalue weighted by molar-refractivity contribution is 6.03. The predicted octanol–water partition coefficient (Wildman–Crippen LogP) is 0.763. The standard InChI is InChI=1S/C13H18N4O2/c1-3-17-11-7-5-4-6-9(11)15-8-10(12(17)18)16-13(19)14-2/h4-7,10,15H,3,8H2,1-2H3,(H2,14,16,19). The summed E-state index contributed by atoms with van der Waals surface area (Å²) >= 11 is 0. The van der Waals surface area contributed by atoms with Crippen LogP contribution in [0.2, 0.25) is 0 Å².